The number of hydrogen-bond acceptors (Lipinski definition) is 5. The number of fused-ring (bicyclic) bond motifs is 1. The fraction of sp³-hybridized carbons (Fsp3) is 0.333. The number of hydrogen-bond donors (Lipinski definition) is 1. The summed E-state index contributed by atoms with van der Waals surface area (Å²) < 4.78 is 14.1. The molecule has 0 atom stereocenters. The van der Waals surface area contributed by atoms with Crippen molar-refractivity contribution in [2.75, 3.05) is 23.3 Å². The Hall–Kier alpha value is -2.21. The van der Waals surface area contributed by atoms with Gasteiger partial charge in [0.1, 0.15) is 11.6 Å². The minimum Gasteiger partial charge on any atom is -0.365 e. The topological polar surface area (TPSA) is 41.1 Å². The second-order valence-electron chi connectivity index (χ2n) is 6.03. The molecule has 0 radical (unpaired) electrons. The molecule has 0 bridgehead atoms. The van der Waals surface area contributed by atoms with E-state index in [0.29, 0.717) is 6.54 Å². The average molecular weight is 342 g/mol. The number of thiophene rings is 1. The van der Waals surface area contributed by atoms with Crippen molar-refractivity contribution in [3.63, 3.8) is 0 Å². The third-order valence-corrected chi connectivity index (χ3v) is 5.21. The van der Waals surface area contributed by atoms with Crippen LogP contribution in [0, 0.1) is 5.82 Å². The molecular weight excluding hydrogens is 323 g/mol. The highest BCUT2D eigenvalue weighted by Crippen LogP contribution is 2.29. The molecule has 6 heteroatoms. The minimum atomic E-state index is -0.214. The van der Waals surface area contributed by atoms with E-state index in [1.54, 1.807) is 23.5 Å². The number of nitrogens with one attached hydrogen (secondary N) is 1. The van der Waals surface area contributed by atoms with Crippen molar-refractivity contribution < 1.29 is 4.39 Å². The quantitative estimate of drug-likeness (QED) is 0.761. The number of benzene rings is 1. The summed E-state index contributed by atoms with van der Waals surface area (Å²) >= 11 is 1.64. The number of rotatable bonds is 4. The normalized spacial score (nSPS) is 15.0. The molecule has 24 heavy (non-hydrogen) atoms. The monoisotopic (exact) mass is 342 g/mol. The van der Waals surface area contributed by atoms with Crippen LogP contribution in [0.5, 0.6) is 0 Å². The smallest absolute Gasteiger partial charge is 0.227 e. The van der Waals surface area contributed by atoms with Crippen LogP contribution >= 0.6 is 11.3 Å². The van der Waals surface area contributed by atoms with E-state index in [9.17, 15) is 4.39 Å². The fourth-order valence-electron chi connectivity index (χ4n) is 2.99. The molecule has 4 rings (SSSR count). The van der Waals surface area contributed by atoms with Gasteiger partial charge in [0.2, 0.25) is 5.95 Å². The van der Waals surface area contributed by atoms with Crippen LogP contribution in [0.2, 0.25) is 0 Å². The van der Waals surface area contributed by atoms with Crippen LogP contribution in [-0.4, -0.2) is 23.1 Å². The standard InChI is InChI=1S/C18H19FN4S/c19-14-6-4-13(5-7-14)12-20-17-16-15(8-11-24-16)21-18(22-17)23-9-2-1-3-10-23/h4-8,11H,1-3,9-10,12H2,(H,20,21,22). The van der Waals surface area contributed by atoms with E-state index in [4.69, 9.17) is 9.97 Å². The van der Waals surface area contributed by atoms with Crippen molar-refractivity contribution in [2.24, 2.45) is 0 Å². The third kappa shape index (κ3) is 3.19. The van der Waals surface area contributed by atoms with Crippen LogP contribution in [-0.2, 0) is 6.54 Å². The van der Waals surface area contributed by atoms with Crippen molar-refractivity contribution in [2.45, 2.75) is 25.8 Å². The Morgan fingerprint density at radius 3 is 2.62 bits per heavy atom. The number of nitrogens with zero attached hydrogens (tertiary/aromatic N) is 3. The highest BCUT2D eigenvalue weighted by molar-refractivity contribution is 7.17. The van der Waals surface area contributed by atoms with E-state index in [0.717, 1.165) is 40.6 Å². The molecule has 1 fully saturated rings. The lowest BCUT2D eigenvalue weighted by molar-refractivity contribution is 0.569. The maximum absolute atomic E-state index is 13.0. The van der Waals surface area contributed by atoms with Gasteiger partial charge in [0.25, 0.3) is 0 Å². The fourth-order valence-corrected chi connectivity index (χ4v) is 3.79. The van der Waals surface area contributed by atoms with E-state index in [2.05, 4.69) is 10.2 Å². The summed E-state index contributed by atoms with van der Waals surface area (Å²) in [6.45, 7) is 2.66. The Labute approximate surface area is 144 Å². The SMILES string of the molecule is Fc1ccc(CNc2nc(N3CCCCC3)nc3ccsc23)cc1. The molecule has 1 N–H and O–H groups in total. The van der Waals surface area contributed by atoms with Crippen LogP contribution in [0.1, 0.15) is 24.8 Å². The van der Waals surface area contributed by atoms with Gasteiger partial charge >= 0.3 is 0 Å². The molecule has 3 heterocycles. The zero-order valence-corrected chi connectivity index (χ0v) is 14.2. The summed E-state index contributed by atoms with van der Waals surface area (Å²) in [6, 6.07) is 8.59. The molecular formula is C18H19FN4S. The van der Waals surface area contributed by atoms with Gasteiger partial charge < -0.3 is 10.2 Å². The van der Waals surface area contributed by atoms with E-state index < -0.39 is 0 Å². The van der Waals surface area contributed by atoms with Crippen LogP contribution in [0.4, 0.5) is 16.2 Å². The van der Waals surface area contributed by atoms with E-state index in [-0.39, 0.29) is 5.82 Å². The van der Waals surface area contributed by atoms with Crippen molar-refractivity contribution in [1.29, 1.82) is 0 Å². The lowest BCUT2D eigenvalue weighted by Gasteiger charge is -2.27. The van der Waals surface area contributed by atoms with Crippen LogP contribution in [0.15, 0.2) is 35.7 Å². The second-order valence-corrected chi connectivity index (χ2v) is 6.95. The maximum atomic E-state index is 13.0. The Morgan fingerprint density at radius 1 is 1.04 bits per heavy atom. The molecule has 3 aromatic rings. The van der Waals surface area contributed by atoms with Crippen LogP contribution in [0.3, 0.4) is 0 Å². The maximum Gasteiger partial charge on any atom is 0.227 e. The molecule has 1 aliphatic rings. The summed E-state index contributed by atoms with van der Waals surface area (Å²) in [5.41, 5.74) is 2.01. The minimum absolute atomic E-state index is 0.214. The molecule has 1 saturated heterocycles. The van der Waals surface area contributed by atoms with Crippen LogP contribution in [0.25, 0.3) is 10.2 Å². The lowest BCUT2D eigenvalue weighted by Crippen LogP contribution is -2.31. The van der Waals surface area contributed by atoms with Gasteiger partial charge in [-0.1, -0.05) is 12.1 Å². The molecule has 0 saturated carbocycles. The summed E-state index contributed by atoms with van der Waals surface area (Å²) in [6.07, 6.45) is 3.68. The first-order chi connectivity index (χ1) is 11.8. The van der Waals surface area contributed by atoms with E-state index >= 15 is 0 Å². The number of anilines is 2. The molecule has 124 valence electrons. The van der Waals surface area contributed by atoms with Gasteiger partial charge in [-0.25, -0.2) is 9.37 Å². The zero-order chi connectivity index (χ0) is 16.4. The number of piperidine rings is 1. The first-order valence-corrected chi connectivity index (χ1v) is 9.16. The van der Waals surface area contributed by atoms with Crippen molar-refractivity contribution in [3.05, 3.63) is 47.1 Å². The van der Waals surface area contributed by atoms with E-state index in [1.807, 2.05) is 11.4 Å². The molecule has 0 unspecified atom stereocenters. The predicted molar refractivity (Wildman–Crippen MR) is 97.2 cm³/mol. The summed E-state index contributed by atoms with van der Waals surface area (Å²) in [5, 5.41) is 5.44. The Bertz CT molecular complexity index is 825. The molecule has 2 aromatic heterocycles. The molecule has 4 nitrogen and oxygen atoms in total. The van der Waals surface area contributed by atoms with Gasteiger partial charge in [-0.15, -0.1) is 11.3 Å². The first-order valence-electron chi connectivity index (χ1n) is 8.28. The van der Waals surface area contributed by atoms with Gasteiger partial charge in [-0.3, -0.25) is 0 Å². The molecule has 1 aromatic carbocycles. The second kappa shape index (κ2) is 6.73. The highest BCUT2D eigenvalue weighted by Gasteiger charge is 2.16. The van der Waals surface area contributed by atoms with Gasteiger partial charge in [0.15, 0.2) is 0 Å². The Kier molecular flexibility index (Phi) is 4.30. The highest BCUT2D eigenvalue weighted by atomic mass is 32.1. The van der Waals surface area contributed by atoms with Crippen molar-refractivity contribution >= 4 is 33.3 Å². The van der Waals surface area contributed by atoms with Gasteiger partial charge in [-0.05, 0) is 48.4 Å². The first kappa shape index (κ1) is 15.3. The Morgan fingerprint density at radius 2 is 1.83 bits per heavy atom. The zero-order valence-electron chi connectivity index (χ0n) is 13.3. The molecule has 1 aliphatic heterocycles. The molecule has 0 amide bonds. The average Bonchev–Trinajstić information content (AvgIpc) is 3.10. The number of aromatic nitrogens is 2. The van der Waals surface area contributed by atoms with Crippen molar-refractivity contribution in [1.82, 2.24) is 9.97 Å². The largest absolute Gasteiger partial charge is 0.365 e. The Balaban J connectivity index is 1.60. The molecule has 0 spiro atoms. The molecule has 0 aliphatic carbocycles. The van der Waals surface area contributed by atoms with Gasteiger partial charge in [-0.2, -0.15) is 4.98 Å². The van der Waals surface area contributed by atoms with Crippen LogP contribution < -0.4 is 10.2 Å². The van der Waals surface area contributed by atoms with Gasteiger partial charge in [0.05, 0.1) is 10.2 Å². The third-order valence-electron chi connectivity index (χ3n) is 4.30. The van der Waals surface area contributed by atoms with Gasteiger partial charge in [0, 0.05) is 19.6 Å². The van der Waals surface area contributed by atoms with Crippen molar-refractivity contribution in [3.8, 4) is 0 Å². The van der Waals surface area contributed by atoms with E-state index in [1.165, 1.54) is 31.4 Å². The summed E-state index contributed by atoms with van der Waals surface area (Å²) in [5.74, 6) is 1.45. The summed E-state index contributed by atoms with van der Waals surface area (Å²) in [4.78, 5) is 11.8. The predicted octanol–water partition coefficient (Wildman–Crippen LogP) is 4.43. The number of halogens is 1. The lowest BCUT2D eigenvalue weighted by atomic mass is 10.1. The summed E-state index contributed by atoms with van der Waals surface area (Å²) in [7, 11) is 0.